The lowest BCUT2D eigenvalue weighted by molar-refractivity contribution is -0.156. The summed E-state index contributed by atoms with van der Waals surface area (Å²) in [5, 5.41) is 0. The summed E-state index contributed by atoms with van der Waals surface area (Å²) in [4.78, 5) is 22.2. The average Bonchev–Trinajstić information content (AvgIpc) is 2.85. The van der Waals surface area contributed by atoms with E-state index in [9.17, 15) is 4.79 Å². The molecule has 2 heterocycles. The first-order valence-corrected chi connectivity index (χ1v) is 15.2. The summed E-state index contributed by atoms with van der Waals surface area (Å²) in [6.45, 7) is 18.1. The number of esters is 1. The number of hydrogen-bond donors (Lipinski definition) is 0. The highest BCUT2D eigenvalue weighted by molar-refractivity contribution is 5.70. The molecule has 2 saturated heterocycles. The van der Waals surface area contributed by atoms with Crippen molar-refractivity contribution in [3.63, 3.8) is 0 Å². The zero-order valence-electron chi connectivity index (χ0n) is 24.6. The van der Waals surface area contributed by atoms with E-state index in [-0.39, 0.29) is 11.6 Å². The lowest BCUT2D eigenvalue weighted by Crippen LogP contribution is -2.49. The van der Waals surface area contributed by atoms with Gasteiger partial charge in [0, 0.05) is 70.9 Å². The Morgan fingerprint density at radius 3 is 1.42 bits per heavy atom. The van der Waals surface area contributed by atoms with Gasteiger partial charge in [-0.25, -0.2) is 0 Å². The largest absolute Gasteiger partial charge is 0.460 e. The highest BCUT2D eigenvalue weighted by atomic mass is 16.6. The fraction of sp³-hybridized carbons (Fsp3) is 0.967. The molecule has 2 saturated carbocycles. The molecule has 2 aliphatic carbocycles. The number of likely N-dealkylation sites (N-methyl/N-ethyl adjacent to an activating group) is 2. The molecule has 2 aliphatic heterocycles. The summed E-state index contributed by atoms with van der Waals surface area (Å²) in [6.07, 6.45) is 12.7. The van der Waals surface area contributed by atoms with Crippen LogP contribution in [-0.4, -0.2) is 110 Å². The van der Waals surface area contributed by atoms with Crippen LogP contribution in [0.5, 0.6) is 0 Å². The summed E-state index contributed by atoms with van der Waals surface area (Å²) in [7, 11) is 4.44. The predicted octanol–water partition coefficient (Wildman–Crippen LogP) is 4.73. The van der Waals surface area contributed by atoms with Gasteiger partial charge in [0.15, 0.2) is 0 Å². The zero-order chi connectivity index (χ0) is 26.1. The molecule has 0 bridgehead atoms. The Hall–Kier alpha value is -0.690. The number of nitrogens with zero attached hydrogens (tertiary/aromatic N) is 4. The van der Waals surface area contributed by atoms with E-state index in [4.69, 9.17) is 4.74 Å². The molecule has 0 radical (unpaired) electrons. The van der Waals surface area contributed by atoms with Crippen LogP contribution in [-0.2, 0) is 9.53 Å². The molecule has 0 aromatic rings. The molecule has 0 aromatic carbocycles. The maximum atomic E-state index is 11.9. The number of ether oxygens (including phenoxy) is 1. The van der Waals surface area contributed by atoms with Crippen LogP contribution in [0.15, 0.2) is 0 Å². The van der Waals surface area contributed by atoms with E-state index < -0.39 is 0 Å². The third-order valence-corrected chi connectivity index (χ3v) is 9.19. The first-order chi connectivity index (χ1) is 17.1. The molecule has 0 aromatic heterocycles. The Morgan fingerprint density at radius 2 is 1.06 bits per heavy atom. The number of piperazine rings is 2. The Morgan fingerprint density at radius 1 is 0.667 bits per heavy atom. The van der Waals surface area contributed by atoms with Crippen molar-refractivity contribution in [2.45, 2.75) is 110 Å². The maximum absolute atomic E-state index is 11.9. The van der Waals surface area contributed by atoms with Crippen molar-refractivity contribution in [2.24, 2.45) is 11.8 Å². The van der Waals surface area contributed by atoms with Gasteiger partial charge in [-0.3, -0.25) is 14.6 Å². The van der Waals surface area contributed by atoms with Gasteiger partial charge < -0.3 is 14.5 Å². The molecule has 4 aliphatic rings. The second-order valence-electron chi connectivity index (χ2n) is 13.2. The van der Waals surface area contributed by atoms with E-state index in [0.29, 0.717) is 12.3 Å². The Bertz CT molecular complexity index is 619. The standard InChI is InChI=1S/C17H32N2O2.C13H26N2/c1-17(2,3)21-16(20)13-14-5-7-15(8-6-14)19-11-9-18(4)10-12-19;1-3-12-4-6-13(7-5-12)15-10-8-14(2)9-11-15/h14-15H,5-13H2,1-4H3;12-13H,3-11H2,1-2H3. The molecule has 6 heteroatoms. The van der Waals surface area contributed by atoms with Crippen molar-refractivity contribution in [3.8, 4) is 0 Å². The van der Waals surface area contributed by atoms with Crippen molar-refractivity contribution in [1.29, 1.82) is 0 Å². The van der Waals surface area contributed by atoms with Gasteiger partial charge in [-0.1, -0.05) is 13.3 Å². The first kappa shape index (κ1) is 29.9. The maximum Gasteiger partial charge on any atom is 0.306 e. The third-order valence-electron chi connectivity index (χ3n) is 9.19. The molecule has 0 unspecified atom stereocenters. The van der Waals surface area contributed by atoms with Crippen LogP contribution < -0.4 is 0 Å². The van der Waals surface area contributed by atoms with Crippen LogP contribution in [0.4, 0.5) is 0 Å². The molecule has 0 spiro atoms. The fourth-order valence-corrected chi connectivity index (χ4v) is 6.63. The van der Waals surface area contributed by atoms with Crippen molar-refractivity contribution >= 4 is 5.97 Å². The van der Waals surface area contributed by atoms with Gasteiger partial charge >= 0.3 is 5.97 Å². The Balaban J connectivity index is 0.000000212. The van der Waals surface area contributed by atoms with Crippen LogP contribution in [0.2, 0.25) is 0 Å². The smallest absolute Gasteiger partial charge is 0.306 e. The fourth-order valence-electron chi connectivity index (χ4n) is 6.63. The molecular formula is C30H58N4O2. The average molecular weight is 507 g/mol. The van der Waals surface area contributed by atoms with E-state index in [2.05, 4.69) is 40.6 Å². The number of carbonyl (C=O) groups is 1. The summed E-state index contributed by atoms with van der Waals surface area (Å²) in [5.41, 5.74) is -0.353. The lowest BCUT2D eigenvalue weighted by Gasteiger charge is -2.41. The Labute approximate surface area is 223 Å². The summed E-state index contributed by atoms with van der Waals surface area (Å²) < 4.78 is 5.44. The summed E-state index contributed by atoms with van der Waals surface area (Å²) in [6, 6.07) is 1.66. The normalized spacial score (nSPS) is 31.9. The van der Waals surface area contributed by atoms with Gasteiger partial charge in [-0.05, 0) is 98.1 Å². The summed E-state index contributed by atoms with van der Waals surface area (Å²) in [5.74, 6) is 1.54. The van der Waals surface area contributed by atoms with Crippen LogP contribution in [0.1, 0.15) is 91.9 Å². The molecule has 0 N–H and O–H groups in total. The monoisotopic (exact) mass is 506 g/mol. The third kappa shape index (κ3) is 10.2. The van der Waals surface area contributed by atoms with E-state index in [0.717, 1.165) is 18.0 Å². The second kappa shape index (κ2) is 14.5. The van der Waals surface area contributed by atoms with E-state index in [1.54, 1.807) is 0 Å². The van der Waals surface area contributed by atoms with Gasteiger partial charge in [-0.15, -0.1) is 0 Å². The minimum Gasteiger partial charge on any atom is -0.460 e. The van der Waals surface area contributed by atoms with E-state index >= 15 is 0 Å². The molecule has 4 fully saturated rings. The number of carbonyl (C=O) groups excluding carboxylic acids is 1. The molecule has 36 heavy (non-hydrogen) atoms. The van der Waals surface area contributed by atoms with Crippen LogP contribution in [0.3, 0.4) is 0 Å². The van der Waals surface area contributed by atoms with Crippen molar-refractivity contribution in [2.75, 3.05) is 66.5 Å². The zero-order valence-corrected chi connectivity index (χ0v) is 24.6. The summed E-state index contributed by atoms with van der Waals surface area (Å²) >= 11 is 0. The first-order valence-electron chi connectivity index (χ1n) is 15.2. The van der Waals surface area contributed by atoms with Crippen molar-refractivity contribution in [1.82, 2.24) is 19.6 Å². The molecule has 0 atom stereocenters. The van der Waals surface area contributed by atoms with Gasteiger partial charge in [0.2, 0.25) is 0 Å². The van der Waals surface area contributed by atoms with Gasteiger partial charge in [0.05, 0.1) is 0 Å². The number of rotatable bonds is 5. The molecule has 6 nitrogen and oxygen atoms in total. The van der Waals surface area contributed by atoms with Crippen LogP contribution in [0.25, 0.3) is 0 Å². The van der Waals surface area contributed by atoms with Crippen LogP contribution in [0, 0.1) is 11.8 Å². The quantitative estimate of drug-likeness (QED) is 0.502. The number of hydrogen-bond acceptors (Lipinski definition) is 6. The molecule has 0 amide bonds. The molecular weight excluding hydrogens is 448 g/mol. The van der Waals surface area contributed by atoms with Crippen molar-refractivity contribution in [3.05, 3.63) is 0 Å². The van der Waals surface area contributed by atoms with E-state index in [1.807, 2.05) is 20.8 Å². The van der Waals surface area contributed by atoms with Gasteiger partial charge in [-0.2, -0.15) is 0 Å². The topological polar surface area (TPSA) is 39.3 Å². The van der Waals surface area contributed by atoms with Gasteiger partial charge in [0.25, 0.3) is 0 Å². The highest BCUT2D eigenvalue weighted by Crippen LogP contribution is 2.31. The van der Waals surface area contributed by atoms with E-state index in [1.165, 1.54) is 110 Å². The molecule has 4 rings (SSSR count). The lowest BCUT2D eigenvalue weighted by atomic mass is 9.83. The minimum atomic E-state index is -0.353. The van der Waals surface area contributed by atoms with Crippen LogP contribution >= 0.6 is 0 Å². The SMILES string of the molecule is CCC1CCC(N2CCN(C)CC2)CC1.CN1CCN(C2CCC(CC(=O)OC(C)(C)C)CC2)CC1. The van der Waals surface area contributed by atoms with Gasteiger partial charge in [0.1, 0.15) is 5.60 Å². The highest BCUT2D eigenvalue weighted by Gasteiger charge is 2.30. The second-order valence-corrected chi connectivity index (χ2v) is 13.2. The Kier molecular flexibility index (Phi) is 12.0. The minimum absolute atomic E-state index is 0.0226. The van der Waals surface area contributed by atoms with Crippen molar-refractivity contribution < 1.29 is 9.53 Å². The predicted molar refractivity (Wildman–Crippen MR) is 150 cm³/mol. The molecule has 210 valence electrons.